The van der Waals surface area contributed by atoms with Crippen molar-refractivity contribution < 1.29 is 0 Å². The summed E-state index contributed by atoms with van der Waals surface area (Å²) in [4.78, 5) is 26.5. The molecule has 0 aliphatic heterocycles. The predicted octanol–water partition coefficient (Wildman–Crippen LogP) is 19.0. The second-order valence-electron chi connectivity index (χ2n) is 21.4. The molecule has 6 nitrogen and oxygen atoms in total. The van der Waals surface area contributed by atoms with Gasteiger partial charge in [0.1, 0.15) is 0 Å². The van der Waals surface area contributed by atoms with Gasteiger partial charge in [0.05, 0.1) is 33.1 Å². The Morgan fingerprint density at radius 2 is 0.679 bits per heavy atom. The fraction of sp³-hybridized carbons (Fsp3) is 0.250. The highest BCUT2D eigenvalue weighted by Gasteiger charge is 2.07. The largest absolute Gasteiger partial charge is 0.256 e. The Labute approximate surface area is 464 Å². The smallest absolute Gasteiger partial charge is 0.0733 e. The number of pyridine rings is 6. The summed E-state index contributed by atoms with van der Waals surface area (Å²) < 4.78 is 0. The third-order valence-corrected chi connectivity index (χ3v) is 15.4. The van der Waals surface area contributed by atoms with Gasteiger partial charge in [-0.25, -0.2) is 0 Å². The van der Waals surface area contributed by atoms with Crippen LogP contribution in [0.4, 0.5) is 0 Å². The standard InChI is InChI=1S/6C12H13N/c1-8-4-7-12-11(10(8)3)6-5-9(2)13-12;1-8-6-11-10(3)9(2)4-5-12(11)13-7-8;1-8-4-5-12-11(6-8)10(3)9(2)7-13-12;1-8-4-5-11-10(3)9(2)7-13-12(11)6-8;1-8-5-4-6-11-12(8)10(3)9(2)7-13-11;1-8-5-4-6-11-10(3)9(2)7-13-12(8)11/h6*4-7H,1-3H3. The van der Waals surface area contributed by atoms with Gasteiger partial charge in [-0.05, 0) is 262 Å². The Hall–Kier alpha value is -8.22. The fourth-order valence-electron chi connectivity index (χ4n) is 9.51. The number of aromatic nitrogens is 6. The Morgan fingerprint density at radius 1 is 0.244 bits per heavy atom. The van der Waals surface area contributed by atoms with Gasteiger partial charge in [0, 0.05) is 69.0 Å². The lowest BCUT2D eigenvalue weighted by Gasteiger charge is -2.06. The lowest BCUT2D eigenvalue weighted by molar-refractivity contribution is 1.24. The number of aryl methyl sites for hydroxylation is 18. The van der Waals surface area contributed by atoms with Gasteiger partial charge >= 0.3 is 0 Å². The van der Waals surface area contributed by atoms with Crippen LogP contribution in [0.3, 0.4) is 0 Å². The number of hydrogen-bond acceptors (Lipinski definition) is 6. The van der Waals surface area contributed by atoms with E-state index in [1.165, 1.54) is 127 Å². The number of fused-ring (bicyclic) bond motifs is 6. The summed E-state index contributed by atoms with van der Waals surface area (Å²) >= 11 is 0. The third-order valence-electron chi connectivity index (χ3n) is 15.4. The molecule has 12 rings (SSSR count). The summed E-state index contributed by atoms with van der Waals surface area (Å²) in [6.45, 7) is 38.1. The second kappa shape index (κ2) is 25.3. The fourth-order valence-corrected chi connectivity index (χ4v) is 9.51. The normalized spacial score (nSPS) is 10.7. The van der Waals surface area contributed by atoms with Crippen LogP contribution in [-0.2, 0) is 0 Å². The molecule has 6 heterocycles. The molecule has 6 aromatic carbocycles. The van der Waals surface area contributed by atoms with Gasteiger partial charge in [0.2, 0.25) is 0 Å². The van der Waals surface area contributed by atoms with Crippen molar-refractivity contribution in [3.8, 4) is 0 Å². The molecular formula is C72H78N6. The van der Waals surface area contributed by atoms with E-state index < -0.39 is 0 Å². The number of hydrogen-bond donors (Lipinski definition) is 0. The van der Waals surface area contributed by atoms with E-state index in [2.05, 4.69) is 263 Å². The van der Waals surface area contributed by atoms with Gasteiger partial charge < -0.3 is 0 Å². The maximum absolute atomic E-state index is 4.48. The summed E-state index contributed by atoms with van der Waals surface area (Å²) in [5.74, 6) is 0. The molecule has 6 aromatic heterocycles. The zero-order chi connectivity index (χ0) is 56.5. The van der Waals surface area contributed by atoms with Crippen LogP contribution in [0.25, 0.3) is 65.4 Å². The van der Waals surface area contributed by atoms with Gasteiger partial charge in [-0.15, -0.1) is 0 Å². The Morgan fingerprint density at radius 3 is 1.35 bits per heavy atom. The highest BCUT2D eigenvalue weighted by Crippen LogP contribution is 2.26. The van der Waals surface area contributed by atoms with Crippen LogP contribution in [0.2, 0.25) is 0 Å². The number of para-hydroxylation sites is 1. The first-order valence-corrected chi connectivity index (χ1v) is 27.1. The highest BCUT2D eigenvalue weighted by atomic mass is 14.7. The average Bonchev–Trinajstić information content (AvgIpc) is 3.43. The predicted molar refractivity (Wildman–Crippen MR) is 336 cm³/mol. The minimum atomic E-state index is 1.08. The van der Waals surface area contributed by atoms with Crippen molar-refractivity contribution in [3.63, 3.8) is 0 Å². The summed E-state index contributed by atoms with van der Waals surface area (Å²) in [6.07, 6.45) is 9.68. The number of benzene rings is 6. The monoisotopic (exact) mass is 1030 g/mol. The Balaban J connectivity index is 0.000000136. The van der Waals surface area contributed by atoms with Gasteiger partial charge in [0.15, 0.2) is 0 Å². The molecule has 0 aliphatic rings. The van der Waals surface area contributed by atoms with Gasteiger partial charge in [-0.1, -0.05) is 72.3 Å². The molecule has 78 heavy (non-hydrogen) atoms. The zero-order valence-corrected chi connectivity index (χ0v) is 49.5. The van der Waals surface area contributed by atoms with E-state index in [0.29, 0.717) is 0 Å². The average molecular weight is 1030 g/mol. The van der Waals surface area contributed by atoms with Crippen molar-refractivity contribution in [1.29, 1.82) is 0 Å². The molecule has 0 fully saturated rings. The minimum Gasteiger partial charge on any atom is -0.256 e. The summed E-state index contributed by atoms with van der Waals surface area (Å²) in [7, 11) is 0. The first-order chi connectivity index (χ1) is 37.1. The second-order valence-corrected chi connectivity index (χ2v) is 21.4. The maximum atomic E-state index is 4.48. The van der Waals surface area contributed by atoms with Crippen LogP contribution in [0.5, 0.6) is 0 Å². The van der Waals surface area contributed by atoms with Gasteiger partial charge in [-0.2, -0.15) is 0 Å². The highest BCUT2D eigenvalue weighted by molar-refractivity contribution is 5.88. The lowest BCUT2D eigenvalue weighted by Crippen LogP contribution is -1.89. The molecular weight excluding hydrogens is 949 g/mol. The topological polar surface area (TPSA) is 77.3 Å². The molecule has 0 saturated carbocycles. The Kier molecular flexibility index (Phi) is 18.6. The first-order valence-electron chi connectivity index (χ1n) is 27.1. The zero-order valence-electron chi connectivity index (χ0n) is 49.5. The number of rotatable bonds is 0. The molecule has 396 valence electrons. The van der Waals surface area contributed by atoms with Crippen molar-refractivity contribution >= 4 is 65.4 Å². The number of nitrogens with zero attached hydrogens (tertiary/aromatic N) is 6. The molecule has 12 aromatic rings. The quantitative estimate of drug-likeness (QED) is 0.151. The maximum Gasteiger partial charge on any atom is 0.0733 e. The molecule has 0 saturated heterocycles. The molecule has 0 N–H and O–H groups in total. The molecule has 0 atom stereocenters. The third kappa shape index (κ3) is 13.5. The SMILES string of the molecule is Cc1ccc2c(C)c(C)ccc2n1.Cc1ccc2c(C)c(C)cnc2c1.Cc1ccc2ncc(C)c(C)c2c1.Cc1cnc2c(C)cccc2c1C.Cc1cnc2ccc(C)c(C)c2c1.Cc1cnc2cccc(C)c2c1C. The van der Waals surface area contributed by atoms with E-state index in [1.807, 2.05) is 37.9 Å². The van der Waals surface area contributed by atoms with Crippen LogP contribution < -0.4 is 0 Å². The van der Waals surface area contributed by atoms with Crippen LogP contribution >= 0.6 is 0 Å². The summed E-state index contributed by atoms with van der Waals surface area (Å²) in [5, 5.41) is 7.68. The van der Waals surface area contributed by atoms with Crippen molar-refractivity contribution in [3.05, 3.63) is 247 Å². The van der Waals surface area contributed by atoms with Gasteiger partial charge in [-0.3, -0.25) is 29.9 Å². The van der Waals surface area contributed by atoms with E-state index in [4.69, 9.17) is 0 Å². The molecule has 0 spiro atoms. The Bertz CT molecular complexity index is 3910. The van der Waals surface area contributed by atoms with E-state index >= 15 is 0 Å². The van der Waals surface area contributed by atoms with Crippen molar-refractivity contribution in [2.45, 2.75) is 125 Å². The van der Waals surface area contributed by atoms with Crippen molar-refractivity contribution in [2.24, 2.45) is 0 Å². The molecule has 0 unspecified atom stereocenters. The van der Waals surface area contributed by atoms with Gasteiger partial charge in [0.25, 0.3) is 0 Å². The van der Waals surface area contributed by atoms with Crippen LogP contribution in [0.15, 0.2) is 146 Å². The first kappa shape index (κ1) is 57.5. The lowest BCUT2D eigenvalue weighted by atomic mass is 10.0. The molecule has 0 radical (unpaired) electrons. The van der Waals surface area contributed by atoms with Crippen LogP contribution in [-0.4, -0.2) is 29.9 Å². The van der Waals surface area contributed by atoms with Crippen molar-refractivity contribution in [1.82, 2.24) is 29.9 Å². The molecule has 6 heteroatoms. The van der Waals surface area contributed by atoms with Crippen LogP contribution in [0.1, 0.15) is 100 Å². The molecule has 0 amide bonds. The van der Waals surface area contributed by atoms with E-state index in [9.17, 15) is 0 Å². The molecule has 0 aliphatic carbocycles. The van der Waals surface area contributed by atoms with E-state index in [-0.39, 0.29) is 0 Å². The summed E-state index contributed by atoms with van der Waals surface area (Å²) in [6, 6.07) is 40.2. The minimum absolute atomic E-state index is 1.08. The van der Waals surface area contributed by atoms with E-state index in [1.54, 1.807) is 0 Å². The van der Waals surface area contributed by atoms with Crippen LogP contribution in [0, 0.1) is 125 Å². The van der Waals surface area contributed by atoms with E-state index in [0.717, 1.165) is 38.8 Å². The summed E-state index contributed by atoms with van der Waals surface area (Å²) in [5.41, 5.74) is 29.8. The van der Waals surface area contributed by atoms with Crippen molar-refractivity contribution in [2.75, 3.05) is 0 Å². The molecule has 0 bridgehead atoms.